The number of ether oxygens (including phenoxy) is 4. The Morgan fingerprint density at radius 3 is 2.56 bits per heavy atom. The van der Waals surface area contributed by atoms with E-state index in [0.29, 0.717) is 35.3 Å². The van der Waals surface area contributed by atoms with Crippen molar-refractivity contribution >= 4 is 32.6 Å². The van der Waals surface area contributed by atoms with Gasteiger partial charge in [0, 0.05) is 6.61 Å². The van der Waals surface area contributed by atoms with Gasteiger partial charge >= 0.3 is 0 Å². The Kier molecular flexibility index (Phi) is 7.12. The normalized spacial score (nSPS) is 15.7. The van der Waals surface area contributed by atoms with Crippen LogP contribution in [0.1, 0.15) is 25.3 Å². The SMILES string of the molecule is CCOc1ccc(CC(=O)N(CC2CCCO2)c2nc3c(OC)ccc(OC)c3s2)cc1. The maximum absolute atomic E-state index is 13.4. The molecule has 8 heteroatoms. The molecule has 0 bridgehead atoms. The van der Waals surface area contributed by atoms with Crippen LogP contribution in [0.4, 0.5) is 5.13 Å². The van der Waals surface area contributed by atoms with Crippen molar-refractivity contribution in [1.29, 1.82) is 0 Å². The average molecular weight is 457 g/mol. The van der Waals surface area contributed by atoms with Crippen molar-refractivity contribution in [1.82, 2.24) is 4.98 Å². The van der Waals surface area contributed by atoms with Crippen LogP contribution in [-0.4, -0.2) is 51.0 Å². The van der Waals surface area contributed by atoms with Crippen LogP contribution in [0, 0.1) is 0 Å². The summed E-state index contributed by atoms with van der Waals surface area (Å²) in [7, 11) is 3.24. The van der Waals surface area contributed by atoms with Gasteiger partial charge in [-0.15, -0.1) is 0 Å². The summed E-state index contributed by atoms with van der Waals surface area (Å²) in [6.07, 6.45) is 2.22. The molecule has 0 aliphatic carbocycles. The molecule has 1 saturated heterocycles. The average Bonchev–Trinajstić information content (AvgIpc) is 3.48. The highest BCUT2D eigenvalue weighted by Gasteiger charge is 2.27. The predicted molar refractivity (Wildman–Crippen MR) is 125 cm³/mol. The van der Waals surface area contributed by atoms with E-state index in [1.54, 1.807) is 19.1 Å². The maximum Gasteiger partial charge on any atom is 0.233 e. The molecule has 0 spiro atoms. The second-order valence-electron chi connectivity index (χ2n) is 7.54. The van der Waals surface area contributed by atoms with Crippen LogP contribution in [0.5, 0.6) is 17.2 Å². The van der Waals surface area contributed by atoms with E-state index in [9.17, 15) is 4.79 Å². The van der Waals surface area contributed by atoms with Crippen molar-refractivity contribution in [3.8, 4) is 17.2 Å². The molecule has 1 fully saturated rings. The summed E-state index contributed by atoms with van der Waals surface area (Å²) in [5.74, 6) is 2.13. The zero-order chi connectivity index (χ0) is 22.5. The van der Waals surface area contributed by atoms with Gasteiger partial charge in [0.15, 0.2) is 5.13 Å². The fourth-order valence-electron chi connectivity index (χ4n) is 3.81. The monoisotopic (exact) mass is 456 g/mol. The van der Waals surface area contributed by atoms with Crippen LogP contribution in [0.3, 0.4) is 0 Å². The number of hydrogen-bond donors (Lipinski definition) is 0. The molecule has 1 aliphatic rings. The van der Waals surface area contributed by atoms with Crippen molar-refractivity contribution in [2.75, 3.05) is 38.9 Å². The third-order valence-electron chi connectivity index (χ3n) is 5.43. The van der Waals surface area contributed by atoms with Gasteiger partial charge in [-0.3, -0.25) is 9.69 Å². The Labute approximate surface area is 191 Å². The first-order valence-corrected chi connectivity index (χ1v) is 11.6. The summed E-state index contributed by atoms with van der Waals surface area (Å²) >= 11 is 1.43. The van der Waals surface area contributed by atoms with E-state index in [2.05, 4.69) is 0 Å². The Bertz CT molecular complexity index is 1020. The fourth-order valence-corrected chi connectivity index (χ4v) is 4.91. The molecule has 1 aromatic heterocycles. The van der Waals surface area contributed by atoms with E-state index < -0.39 is 0 Å². The number of carbonyl (C=O) groups excluding carboxylic acids is 1. The molecular weight excluding hydrogens is 428 g/mol. The first-order chi connectivity index (χ1) is 15.6. The van der Waals surface area contributed by atoms with E-state index in [0.717, 1.165) is 35.5 Å². The van der Waals surface area contributed by atoms with E-state index in [4.69, 9.17) is 23.9 Å². The Hall–Kier alpha value is -2.84. The summed E-state index contributed by atoms with van der Waals surface area (Å²) in [4.78, 5) is 20.0. The van der Waals surface area contributed by atoms with Gasteiger partial charge in [0.1, 0.15) is 27.5 Å². The van der Waals surface area contributed by atoms with Gasteiger partial charge in [-0.1, -0.05) is 23.5 Å². The molecule has 1 unspecified atom stereocenters. The standard InChI is InChI=1S/C24H28N2O5S/c1-4-30-17-9-7-16(8-10-17)14-21(27)26(15-18-6-5-13-31-18)24-25-22-19(28-2)11-12-20(29-3)23(22)32-24/h7-12,18H,4-6,13-15H2,1-3H3. The fraction of sp³-hybridized carbons (Fsp3) is 0.417. The number of thiazole rings is 1. The molecule has 2 aromatic carbocycles. The molecule has 0 radical (unpaired) electrons. The molecular formula is C24H28N2O5S. The van der Waals surface area contributed by atoms with Crippen molar-refractivity contribution in [3.05, 3.63) is 42.0 Å². The summed E-state index contributed by atoms with van der Waals surface area (Å²) in [6, 6.07) is 11.3. The topological polar surface area (TPSA) is 70.1 Å². The zero-order valence-corrected chi connectivity index (χ0v) is 19.4. The number of benzene rings is 2. The number of aromatic nitrogens is 1. The number of fused-ring (bicyclic) bond motifs is 1. The lowest BCUT2D eigenvalue weighted by molar-refractivity contribution is -0.118. The number of nitrogens with zero attached hydrogens (tertiary/aromatic N) is 2. The quantitative estimate of drug-likeness (QED) is 0.473. The number of rotatable bonds is 9. The van der Waals surface area contributed by atoms with Gasteiger partial charge in [0.05, 0.1) is 39.9 Å². The minimum Gasteiger partial charge on any atom is -0.495 e. The lowest BCUT2D eigenvalue weighted by Crippen LogP contribution is -2.38. The lowest BCUT2D eigenvalue weighted by atomic mass is 10.1. The van der Waals surface area contributed by atoms with Gasteiger partial charge in [-0.2, -0.15) is 0 Å². The van der Waals surface area contributed by atoms with Crippen LogP contribution in [0.25, 0.3) is 10.2 Å². The Morgan fingerprint density at radius 1 is 1.16 bits per heavy atom. The molecule has 32 heavy (non-hydrogen) atoms. The van der Waals surface area contributed by atoms with E-state index in [1.807, 2.05) is 43.3 Å². The van der Waals surface area contributed by atoms with Gasteiger partial charge in [0.2, 0.25) is 5.91 Å². The highest BCUT2D eigenvalue weighted by molar-refractivity contribution is 7.22. The Morgan fingerprint density at radius 2 is 1.91 bits per heavy atom. The van der Waals surface area contributed by atoms with Crippen LogP contribution < -0.4 is 19.1 Å². The van der Waals surface area contributed by atoms with Crippen molar-refractivity contribution in [2.45, 2.75) is 32.3 Å². The molecule has 1 aliphatic heterocycles. The third kappa shape index (κ3) is 4.81. The molecule has 7 nitrogen and oxygen atoms in total. The molecule has 170 valence electrons. The summed E-state index contributed by atoms with van der Waals surface area (Å²) < 4.78 is 23.2. The van der Waals surface area contributed by atoms with Crippen LogP contribution in [0.2, 0.25) is 0 Å². The highest BCUT2D eigenvalue weighted by Crippen LogP contribution is 2.40. The number of methoxy groups -OCH3 is 2. The molecule has 1 amide bonds. The second kappa shape index (κ2) is 10.2. The molecule has 4 rings (SSSR count). The lowest BCUT2D eigenvalue weighted by Gasteiger charge is -2.23. The minimum absolute atomic E-state index is 0.00934. The van der Waals surface area contributed by atoms with E-state index >= 15 is 0 Å². The predicted octanol–water partition coefficient (Wildman–Crippen LogP) is 4.47. The number of hydrogen-bond acceptors (Lipinski definition) is 7. The highest BCUT2D eigenvalue weighted by atomic mass is 32.1. The molecule has 0 N–H and O–H groups in total. The second-order valence-corrected chi connectivity index (χ2v) is 8.51. The first kappa shape index (κ1) is 22.4. The van der Waals surface area contributed by atoms with Crippen LogP contribution in [0.15, 0.2) is 36.4 Å². The molecule has 2 heterocycles. The molecule has 0 saturated carbocycles. The summed E-state index contributed by atoms with van der Waals surface area (Å²) in [6.45, 7) is 3.76. The van der Waals surface area contributed by atoms with Crippen molar-refractivity contribution in [3.63, 3.8) is 0 Å². The van der Waals surface area contributed by atoms with Gasteiger partial charge < -0.3 is 18.9 Å². The number of anilines is 1. The number of amides is 1. The van der Waals surface area contributed by atoms with Crippen LogP contribution in [-0.2, 0) is 16.0 Å². The van der Waals surface area contributed by atoms with E-state index in [-0.39, 0.29) is 18.4 Å². The smallest absolute Gasteiger partial charge is 0.233 e. The first-order valence-electron chi connectivity index (χ1n) is 10.8. The summed E-state index contributed by atoms with van der Waals surface area (Å²) in [5.41, 5.74) is 1.62. The minimum atomic E-state index is -0.0263. The molecule has 3 aromatic rings. The van der Waals surface area contributed by atoms with Gasteiger partial charge in [-0.05, 0) is 49.6 Å². The third-order valence-corrected chi connectivity index (χ3v) is 6.52. The number of carbonyl (C=O) groups is 1. The van der Waals surface area contributed by atoms with Gasteiger partial charge in [0.25, 0.3) is 0 Å². The maximum atomic E-state index is 13.4. The largest absolute Gasteiger partial charge is 0.495 e. The van der Waals surface area contributed by atoms with Crippen molar-refractivity contribution < 1.29 is 23.7 Å². The van der Waals surface area contributed by atoms with Crippen molar-refractivity contribution in [2.24, 2.45) is 0 Å². The summed E-state index contributed by atoms with van der Waals surface area (Å²) in [5, 5.41) is 0.620. The zero-order valence-electron chi connectivity index (χ0n) is 18.6. The van der Waals surface area contributed by atoms with Gasteiger partial charge in [-0.25, -0.2) is 4.98 Å². The Balaban J connectivity index is 1.64. The molecule has 1 atom stereocenters. The van der Waals surface area contributed by atoms with Crippen LogP contribution >= 0.6 is 11.3 Å². The van der Waals surface area contributed by atoms with E-state index in [1.165, 1.54) is 11.3 Å².